The van der Waals surface area contributed by atoms with Crippen molar-refractivity contribution in [3.8, 4) is 11.3 Å². The SMILES string of the molecule is CCS(=O)(=O)N1CC(CNc2nn3cc(-c4ccc(F)cc4)nc3s2)C1. The van der Waals surface area contributed by atoms with Gasteiger partial charge in [0.1, 0.15) is 5.82 Å². The van der Waals surface area contributed by atoms with Crippen LogP contribution in [-0.4, -0.2) is 52.7 Å². The molecule has 0 unspecified atom stereocenters. The molecular weight excluding hydrogens is 377 g/mol. The fourth-order valence-electron chi connectivity index (χ4n) is 2.82. The van der Waals surface area contributed by atoms with Crippen molar-refractivity contribution in [3.63, 3.8) is 0 Å². The average molecular weight is 395 g/mol. The van der Waals surface area contributed by atoms with Crippen LogP contribution in [0.3, 0.4) is 0 Å². The molecule has 1 aromatic carbocycles. The Morgan fingerprint density at radius 3 is 2.69 bits per heavy atom. The minimum atomic E-state index is -3.07. The molecule has 1 aliphatic rings. The molecule has 3 heterocycles. The Kier molecular flexibility index (Phi) is 4.41. The maximum Gasteiger partial charge on any atom is 0.214 e. The summed E-state index contributed by atoms with van der Waals surface area (Å²) in [7, 11) is -3.07. The summed E-state index contributed by atoms with van der Waals surface area (Å²) in [5.74, 6) is 0.163. The molecular formula is C16H18FN5O2S2. The highest BCUT2D eigenvalue weighted by atomic mass is 32.2. The lowest BCUT2D eigenvalue weighted by Crippen LogP contribution is -2.52. The second-order valence-corrected chi connectivity index (χ2v) is 9.45. The fourth-order valence-corrected chi connectivity index (χ4v) is 4.85. The number of rotatable bonds is 6. The topological polar surface area (TPSA) is 79.6 Å². The van der Waals surface area contributed by atoms with Gasteiger partial charge in [0.15, 0.2) is 0 Å². The number of nitrogens with zero attached hydrogens (tertiary/aromatic N) is 4. The third-order valence-corrected chi connectivity index (χ3v) is 7.10. The number of aromatic nitrogens is 3. The van der Waals surface area contributed by atoms with E-state index in [1.807, 2.05) is 6.20 Å². The van der Waals surface area contributed by atoms with Gasteiger partial charge in [-0.1, -0.05) is 11.3 Å². The van der Waals surface area contributed by atoms with Crippen LogP contribution in [0.15, 0.2) is 30.5 Å². The van der Waals surface area contributed by atoms with Crippen LogP contribution in [0, 0.1) is 11.7 Å². The van der Waals surface area contributed by atoms with Gasteiger partial charge in [-0.3, -0.25) is 0 Å². The van der Waals surface area contributed by atoms with Crippen LogP contribution in [0.5, 0.6) is 0 Å². The summed E-state index contributed by atoms with van der Waals surface area (Å²) in [6.45, 7) is 3.45. The third kappa shape index (κ3) is 3.31. The van der Waals surface area contributed by atoms with Crippen LogP contribution in [0.4, 0.5) is 9.52 Å². The van der Waals surface area contributed by atoms with E-state index in [0.717, 1.165) is 21.3 Å². The highest BCUT2D eigenvalue weighted by molar-refractivity contribution is 7.89. The Morgan fingerprint density at radius 2 is 2.04 bits per heavy atom. The van der Waals surface area contributed by atoms with E-state index in [1.54, 1.807) is 23.6 Å². The predicted molar refractivity (Wildman–Crippen MR) is 99.3 cm³/mol. The molecule has 0 aliphatic carbocycles. The van der Waals surface area contributed by atoms with E-state index in [9.17, 15) is 12.8 Å². The molecule has 7 nitrogen and oxygen atoms in total. The number of benzene rings is 1. The molecule has 10 heteroatoms. The molecule has 2 aromatic heterocycles. The van der Waals surface area contributed by atoms with Gasteiger partial charge >= 0.3 is 0 Å². The van der Waals surface area contributed by atoms with Gasteiger partial charge in [0, 0.05) is 31.1 Å². The summed E-state index contributed by atoms with van der Waals surface area (Å²) in [4.78, 5) is 5.26. The van der Waals surface area contributed by atoms with Crippen molar-refractivity contribution in [2.75, 3.05) is 30.7 Å². The van der Waals surface area contributed by atoms with Crippen LogP contribution < -0.4 is 5.32 Å². The smallest absolute Gasteiger partial charge is 0.214 e. The first kappa shape index (κ1) is 17.4. The van der Waals surface area contributed by atoms with Crippen LogP contribution >= 0.6 is 11.3 Å². The van der Waals surface area contributed by atoms with E-state index in [4.69, 9.17) is 0 Å². The largest absolute Gasteiger partial charge is 0.360 e. The summed E-state index contributed by atoms with van der Waals surface area (Å²) < 4.78 is 39.7. The lowest BCUT2D eigenvalue weighted by atomic mass is 10.0. The zero-order valence-electron chi connectivity index (χ0n) is 14.1. The molecule has 0 amide bonds. The maximum absolute atomic E-state index is 13.0. The molecule has 1 N–H and O–H groups in total. The Labute approximate surface area is 154 Å². The standard InChI is InChI=1S/C16H18FN5O2S2/c1-2-26(23,24)21-8-11(9-21)7-18-15-20-22-10-14(19-16(22)25-15)12-3-5-13(17)6-4-12/h3-6,10-11H,2,7-9H2,1H3,(H,18,20). The van der Waals surface area contributed by atoms with Gasteiger partial charge in [-0.15, -0.1) is 5.10 Å². The van der Waals surface area contributed by atoms with Gasteiger partial charge in [-0.25, -0.2) is 26.6 Å². The van der Waals surface area contributed by atoms with Crippen LogP contribution in [-0.2, 0) is 10.0 Å². The van der Waals surface area contributed by atoms with Crippen LogP contribution in [0.2, 0.25) is 0 Å². The van der Waals surface area contributed by atoms with Crippen molar-refractivity contribution in [1.29, 1.82) is 0 Å². The Morgan fingerprint density at radius 1 is 1.31 bits per heavy atom. The van der Waals surface area contributed by atoms with Crippen molar-refractivity contribution in [3.05, 3.63) is 36.3 Å². The van der Waals surface area contributed by atoms with Gasteiger partial charge in [-0.2, -0.15) is 0 Å². The van der Waals surface area contributed by atoms with Crippen molar-refractivity contribution < 1.29 is 12.8 Å². The highest BCUT2D eigenvalue weighted by Crippen LogP contribution is 2.26. The van der Waals surface area contributed by atoms with Gasteiger partial charge in [0.05, 0.1) is 17.6 Å². The average Bonchev–Trinajstić information content (AvgIpc) is 3.12. The zero-order valence-corrected chi connectivity index (χ0v) is 15.7. The molecule has 0 atom stereocenters. The van der Waals surface area contributed by atoms with E-state index >= 15 is 0 Å². The summed E-state index contributed by atoms with van der Waals surface area (Å²) in [6, 6.07) is 6.19. The number of halogens is 1. The molecule has 0 saturated carbocycles. The first-order valence-corrected chi connectivity index (χ1v) is 10.7. The zero-order chi connectivity index (χ0) is 18.3. The van der Waals surface area contributed by atoms with Crippen molar-refractivity contribution >= 4 is 31.5 Å². The van der Waals surface area contributed by atoms with Crippen molar-refractivity contribution in [2.24, 2.45) is 5.92 Å². The fraction of sp³-hybridized carbons (Fsp3) is 0.375. The molecule has 1 fully saturated rings. The summed E-state index contributed by atoms with van der Waals surface area (Å²) in [6.07, 6.45) is 1.81. The Balaban J connectivity index is 1.37. The van der Waals surface area contributed by atoms with Crippen molar-refractivity contribution in [1.82, 2.24) is 18.9 Å². The van der Waals surface area contributed by atoms with Gasteiger partial charge in [-0.05, 0) is 31.2 Å². The van der Waals surface area contributed by atoms with E-state index in [1.165, 1.54) is 27.8 Å². The number of fused-ring (bicyclic) bond motifs is 1. The lowest BCUT2D eigenvalue weighted by Gasteiger charge is -2.37. The van der Waals surface area contributed by atoms with E-state index in [0.29, 0.717) is 25.6 Å². The number of hydrogen-bond acceptors (Lipinski definition) is 6. The van der Waals surface area contributed by atoms with Crippen molar-refractivity contribution in [2.45, 2.75) is 6.92 Å². The molecule has 0 bridgehead atoms. The predicted octanol–water partition coefficient (Wildman–Crippen LogP) is 2.29. The second-order valence-electron chi connectivity index (χ2n) is 6.23. The number of hydrogen-bond donors (Lipinski definition) is 1. The van der Waals surface area contributed by atoms with E-state index < -0.39 is 10.0 Å². The summed E-state index contributed by atoms with van der Waals surface area (Å²) in [5, 5.41) is 8.45. The van der Waals surface area contributed by atoms with Crippen LogP contribution in [0.25, 0.3) is 16.2 Å². The van der Waals surface area contributed by atoms with Gasteiger partial charge in [0.2, 0.25) is 20.1 Å². The van der Waals surface area contributed by atoms with E-state index in [2.05, 4.69) is 15.4 Å². The van der Waals surface area contributed by atoms with Gasteiger partial charge < -0.3 is 5.32 Å². The number of sulfonamides is 1. The molecule has 0 radical (unpaired) electrons. The summed E-state index contributed by atoms with van der Waals surface area (Å²) >= 11 is 1.43. The second kappa shape index (κ2) is 6.60. The molecule has 26 heavy (non-hydrogen) atoms. The first-order chi connectivity index (χ1) is 12.4. The molecule has 3 aromatic rings. The minimum absolute atomic E-state index is 0.146. The molecule has 0 spiro atoms. The number of nitrogens with one attached hydrogen (secondary N) is 1. The monoisotopic (exact) mass is 395 g/mol. The summed E-state index contributed by atoms with van der Waals surface area (Å²) in [5.41, 5.74) is 1.58. The number of anilines is 1. The molecule has 1 saturated heterocycles. The third-order valence-electron chi connectivity index (χ3n) is 4.41. The molecule has 1 aliphatic heterocycles. The first-order valence-electron chi connectivity index (χ1n) is 8.28. The lowest BCUT2D eigenvalue weighted by molar-refractivity contribution is 0.212. The minimum Gasteiger partial charge on any atom is -0.360 e. The van der Waals surface area contributed by atoms with Gasteiger partial charge in [0.25, 0.3) is 0 Å². The quantitative estimate of drug-likeness (QED) is 0.693. The Hall–Kier alpha value is -2.04. The molecule has 138 valence electrons. The molecule has 4 rings (SSSR count). The Bertz CT molecular complexity index is 991. The maximum atomic E-state index is 13.0. The van der Waals surface area contributed by atoms with Crippen LogP contribution in [0.1, 0.15) is 6.92 Å². The highest BCUT2D eigenvalue weighted by Gasteiger charge is 2.34. The number of imidazole rings is 1. The normalized spacial score (nSPS) is 16.1. The van der Waals surface area contributed by atoms with E-state index in [-0.39, 0.29) is 11.6 Å².